The molecule has 1 aliphatic rings. The number of ether oxygens (including phenoxy) is 1. The van der Waals surface area contributed by atoms with Crippen LogP contribution in [-0.2, 0) is 20.9 Å². The van der Waals surface area contributed by atoms with Crippen molar-refractivity contribution >= 4 is 11.9 Å². The highest BCUT2D eigenvalue weighted by Crippen LogP contribution is 2.29. The van der Waals surface area contributed by atoms with Crippen molar-refractivity contribution < 1.29 is 14.3 Å². The van der Waals surface area contributed by atoms with Gasteiger partial charge in [0.2, 0.25) is 0 Å². The van der Waals surface area contributed by atoms with Crippen LogP contribution in [0.2, 0.25) is 0 Å². The van der Waals surface area contributed by atoms with Gasteiger partial charge in [0.1, 0.15) is 0 Å². The van der Waals surface area contributed by atoms with Crippen molar-refractivity contribution in [2.45, 2.75) is 45.3 Å². The second-order valence-electron chi connectivity index (χ2n) is 5.42. The van der Waals surface area contributed by atoms with Crippen LogP contribution >= 0.6 is 0 Å². The van der Waals surface area contributed by atoms with E-state index in [0.717, 1.165) is 24.0 Å². The smallest absolute Gasteiger partial charge is 0.332 e. The first-order valence-corrected chi connectivity index (χ1v) is 7.31. The molecule has 1 unspecified atom stereocenters. The molecule has 21 heavy (non-hydrogen) atoms. The standard InChI is InChI=1S/C16H22N2O3/c1-3-21-16(20)14(17)15(19)18(13-7-8-13)10-12-6-4-5-11(2)9-12/h4-6,9,13-14H,3,7-8,10,17H2,1-2H3. The number of hydrogen-bond donors (Lipinski definition) is 1. The zero-order valence-electron chi connectivity index (χ0n) is 12.5. The highest BCUT2D eigenvalue weighted by Gasteiger charge is 2.37. The molecule has 0 bridgehead atoms. The lowest BCUT2D eigenvalue weighted by Gasteiger charge is -2.25. The van der Waals surface area contributed by atoms with Gasteiger partial charge in [-0.2, -0.15) is 0 Å². The maximum absolute atomic E-state index is 12.4. The van der Waals surface area contributed by atoms with Gasteiger partial charge in [0.25, 0.3) is 5.91 Å². The van der Waals surface area contributed by atoms with Gasteiger partial charge in [0.05, 0.1) is 6.61 Å². The van der Waals surface area contributed by atoms with E-state index in [9.17, 15) is 9.59 Å². The summed E-state index contributed by atoms with van der Waals surface area (Å²) in [6, 6.07) is 6.96. The summed E-state index contributed by atoms with van der Waals surface area (Å²) in [5.41, 5.74) is 7.92. The van der Waals surface area contributed by atoms with E-state index in [1.165, 1.54) is 0 Å². The topological polar surface area (TPSA) is 72.6 Å². The Hall–Kier alpha value is -1.88. The van der Waals surface area contributed by atoms with Gasteiger partial charge in [-0.15, -0.1) is 0 Å². The van der Waals surface area contributed by atoms with E-state index in [-0.39, 0.29) is 18.6 Å². The van der Waals surface area contributed by atoms with Crippen molar-refractivity contribution in [2.24, 2.45) is 5.73 Å². The largest absolute Gasteiger partial charge is 0.464 e. The van der Waals surface area contributed by atoms with Gasteiger partial charge in [-0.1, -0.05) is 29.8 Å². The Bertz CT molecular complexity index is 526. The molecule has 2 rings (SSSR count). The lowest BCUT2D eigenvalue weighted by Crippen LogP contribution is -2.49. The number of carbonyl (C=O) groups is 2. The lowest BCUT2D eigenvalue weighted by atomic mass is 10.1. The molecule has 0 saturated heterocycles. The lowest BCUT2D eigenvalue weighted by molar-refractivity contribution is -0.151. The number of nitrogens with zero attached hydrogens (tertiary/aromatic N) is 1. The van der Waals surface area contributed by atoms with E-state index >= 15 is 0 Å². The summed E-state index contributed by atoms with van der Waals surface area (Å²) in [4.78, 5) is 25.8. The number of benzene rings is 1. The average molecular weight is 290 g/mol. The first-order valence-electron chi connectivity index (χ1n) is 7.31. The van der Waals surface area contributed by atoms with Gasteiger partial charge in [-0.3, -0.25) is 4.79 Å². The van der Waals surface area contributed by atoms with Crippen molar-refractivity contribution in [1.82, 2.24) is 4.90 Å². The van der Waals surface area contributed by atoms with Crippen LogP contribution in [0.1, 0.15) is 30.9 Å². The minimum atomic E-state index is -1.23. The normalized spacial score (nSPS) is 15.4. The quantitative estimate of drug-likeness (QED) is 0.634. The van der Waals surface area contributed by atoms with Crippen molar-refractivity contribution in [3.8, 4) is 0 Å². The van der Waals surface area contributed by atoms with Crippen molar-refractivity contribution in [3.63, 3.8) is 0 Å². The molecule has 1 fully saturated rings. The van der Waals surface area contributed by atoms with E-state index in [2.05, 4.69) is 0 Å². The van der Waals surface area contributed by atoms with Gasteiger partial charge in [-0.25, -0.2) is 4.79 Å². The van der Waals surface area contributed by atoms with Gasteiger partial charge in [0, 0.05) is 12.6 Å². The van der Waals surface area contributed by atoms with Crippen LogP contribution in [0.25, 0.3) is 0 Å². The maximum Gasteiger partial charge on any atom is 0.332 e. The second-order valence-corrected chi connectivity index (χ2v) is 5.42. The molecule has 5 nitrogen and oxygen atoms in total. The Morgan fingerprint density at radius 2 is 2.14 bits per heavy atom. The SMILES string of the molecule is CCOC(=O)C(N)C(=O)N(Cc1cccc(C)c1)C1CC1. The Labute approximate surface area is 125 Å². The van der Waals surface area contributed by atoms with Crippen LogP contribution in [-0.4, -0.2) is 35.5 Å². The van der Waals surface area contributed by atoms with Crippen LogP contribution in [0.5, 0.6) is 0 Å². The molecule has 1 atom stereocenters. The van der Waals surface area contributed by atoms with Gasteiger partial charge >= 0.3 is 5.97 Å². The molecule has 0 heterocycles. The molecule has 0 aliphatic heterocycles. The Morgan fingerprint density at radius 3 is 2.71 bits per heavy atom. The van der Waals surface area contributed by atoms with Crippen LogP contribution in [0.15, 0.2) is 24.3 Å². The number of rotatable bonds is 6. The van der Waals surface area contributed by atoms with Crippen LogP contribution in [0.3, 0.4) is 0 Å². The predicted octanol–water partition coefficient (Wildman–Crippen LogP) is 1.38. The molecule has 0 radical (unpaired) electrons. The molecule has 0 spiro atoms. The fraction of sp³-hybridized carbons (Fsp3) is 0.500. The summed E-state index contributed by atoms with van der Waals surface area (Å²) in [7, 11) is 0. The second kappa shape index (κ2) is 6.72. The first kappa shape index (κ1) is 15.5. The summed E-state index contributed by atoms with van der Waals surface area (Å²) in [6.07, 6.45) is 1.93. The number of nitrogens with two attached hydrogens (primary N) is 1. The summed E-state index contributed by atoms with van der Waals surface area (Å²) in [6.45, 7) is 4.41. The Morgan fingerprint density at radius 1 is 1.43 bits per heavy atom. The molecule has 1 aliphatic carbocycles. The maximum atomic E-state index is 12.4. The number of aryl methyl sites for hydroxylation is 1. The van der Waals surface area contributed by atoms with Gasteiger partial charge in [0.15, 0.2) is 6.04 Å². The van der Waals surface area contributed by atoms with E-state index < -0.39 is 12.0 Å². The molecule has 2 N–H and O–H groups in total. The van der Waals surface area contributed by atoms with Gasteiger partial charge < -0.3 is 15.4 Å². The highest BCUT2D eigenvalue weighted by molar-refractivity contribution is 6.01. The molecule has 114 valence electrons. The summed E-state index contributed by atoms with van der Waals surface area (Å²) >= 11 is 0. The fourth-order valence-corrected chi connectivity index (χ4v) is 2.29. The monoisotopic (exact) mass is 290 g/mol. The van der Waals surface area contributed by atoms with Crippen molar-refractivity contribution in [1.29, 1.82) is 0 Å². The number of esters is 1. The van der Waals surface area contributed by atoms with Crippen LogP contribution < -0.4 is 5.73 Å². The van der Waals surface area contributed by atoms with E-state index in [1.807, 2.05) is 31.2 Å². The third kappa shape index (κ3) is 4.04. The molecule has 0 aromatic heterocycles. The molecule has 1 aromatic carbocycles. The number of amides is 1. The average Bonchev–Trinajstić information content (AvgIpc) is 3.28. The minimum absolute atomic E-state index is 0.193. The van der Waals surface area contributed by atoms with Gasteiger partial charge in [-0.05, 0) is 32.3 Å². The molecule has 1 saturated carbocycles. The molecule has 1 aromatic rings. The summed E-state index contributed by atoms with van der Waals surface area (Å²) in [5, 5.41) is 0. The van der Waals surface area contributed by atoms with Crippen LogP contribution in [0, 0.1) is 6.92 Å². The number of hydrogen-bond acceptors (Lipinski definition) is 4. The Kier molecular flexibility index (Phi) is 4.96. The van der Waals surface area contributed by atoms with E-state index in [0.29, 0.717) is 6.54 Å². The first-order chi connectivity index (χ1) is 10.0. The summed E-state index contributed by atoms with van der Waals surface area (Å²) in [5.74, 6) is -1.00. The van der Waals surface area contributed by atoms with E-state index in [1.54, 1.807) is 11.8 Å². The zero-order chi connectivity index (χ0) is 15.4. The number of carbonyl (C=O) groups excluding carboxylic acids is 2. The molecular weight excluding hydrogens is 268 g/mol. The molecule has 5 heteroatoms. The minimum Gasteiger partial charge on any atom is -0.464 e. The third-order valence-corrected chi connectivity index (χ3v) is 3.51. The predicted molar refractivity (Wildman–Crippen MR) is 79.4 cm³/mol. The fourth-order valence-electron chi connectivity index (χ4n) is 2.29. The van der Waals surface area contributed by atoms with Crippen molar-refractivity contribution in [2.75, 3.05) is 6.61 Å². The molecule has 1 amide bonds. The Balaban J connectivity index is 2.08. The summed E-state index contributed by atoms with van der Waals surface area (Å²) < 4.78 is 4.83. The van der Waals surface area contributed by atoms with E-state index in [4.69, 9.17) is 10.5 Å². The highest BCUT2D eigenvalue weighted by atomic mass is 16.5. The van der Waals surface area contributed by atoms with Crippen LogP contribution in [0.4, 0.5) is 0 Å². The molecular formula is C16H22N2O3. The zero-order valence-corrected chi connectivity index (χ0v) is 12.5. The third-order valence-electron chi connectivity index (χ3n) is 3.51. The van der Waals surface area contributed by atoms with Crippen molar-refractivity contribution in [3.05, 3.63) is 35.4 Å².